The molecule has 0 fully saturated rings. The smallest absolute Gasteiger partial charge is 0.0355 e. The van der Waals surface area contributed by atoms with Crippen molar-refractivity contribution in [1.82, 2.24) is 9.88 Å². The first kappa shape index (κ1) is 14.9. The van der Waals surface area contributed by atoms with Crippen molar-refractivity contribution in [3.05, 3.63) is 59.9 Å². The molecule has 0 saturated carbocycles. The van der Waals surface area contributed by atoms with Gasteiger partial charge in [-0.15, -0.1) is 0 Å². The SMILES string of the molecule is CNC(c1ccn(CCCc2ccccc2)c1)C(C)C. The number of nitrogens with one attached hydrogen (secondary N) is 1. The molecule has 1 atom stereocenters. The third-order valence-electron chi connectivity index (χ3n) is 3.83. The molecule has 2 nitrogen and oxygen atoms in total. The second-order valence-electron chi connectivity index (χ2n) is 5.78. The lowest BCUT2D eigenvalue weighted by atomic mass is 9.99. The Morgan fingerprint density at radius 2 is 1.85 bits per heavy atom. The summed E-state index contributed by atoms with van der Waals surface area (Å²) in [5, 5.41) is 3.40. The van der Waals surface area contributed by atoms with Crippen LogP contribution in [0.3, 0.4) is 0 Å². The molecule has 0 saturated heterocycles. The van der Waals surface area contributed by atoms with Crippen molar-refractivity contribution in [2.75, 3.05) is 7.05 Å². The van der Waals surface area contributed by atoms with Crippen molar-refractivity contribution in [3.8, 4) is 0 Å². The summed E-state index contributed by atoms with van der Waals surface area (Å²) in [5.41, 5.74) is 2.82. The van der Waals surface area contributed by atoms with Crippen LogP contribution in [-0.2, 0) is 13.0 Å². The quantitative estimate of drug-likeness (QED) is 0.803. The highest BCUT2D eigenvalue weighted by atomic mass is 15.0. The summed E-state index contributed by atoms with van der Waals surface area (Å²) in [4.78, 5) is 0. The standard InChI is InChI=1S/C18H26N2/c1-15(2)18(19-3)17-11-13-20(14-17)12-7-10-16-8-5-4-6-9-16/h4-6,8-9,11,13-15,18-19H,7,10,12H2,1-3H3. The zero-order valence-electron chi connectivity index (χ0n) is 12.8. The summed E-state index contributed by atoms with van der Waals surface area (Å²) in [5.74, 6) is 0.611. The molecule has 1 heterocycles. The van der Waals surface area contributed by atoms with Crippen LogP contribution in [0, 0.1) is 5.92 Å². The van der Waals surface area contributed by atoms with Crippen LogP contribution in [0.1, 0.15) is 37.4 Å². The molecular formula is C18H26N2. The lowest BCUT2D eigenvalue weighted by Gasteiger charge is -2.18. The topological polar surface area (TPSA) is 17.0 Å². The van der Waals surface area contributed by atoms with E-state index >= 15 is 0 Å². The molecule has 0 amide bonds. The lowest BCUT2D eigenvalue weighted by Crippen LogP contribution is -2.21. The number of rotatable bonds is 7. The number of hydrogen-bond acceptors (Lipinski definition) is 1. The van der Waals surface area contributed by atoms with Gasteiger partial charge in [-0.2, -0.15) is 0 Å². The number of aryl methyl sites for hydroxylation is 2. The van der Waals surface area contributed by atoms with E-state index in [4.69, 9.17) is 0 Å². The van der Waals surface area contributed by atoms with E-state index in [2.05, 4.69) is 72.5 Å². The molecule has 1 aromatic carbocycles. The molecule has 2 rings (SSSR count). The molecule has 0 spiro atoms. The van der Waals surface area contributed by atoms with Crippen LogP contribution in [0.2, 0.25) is 0 Å². The Labute approximate surface area is 122 Å². The van der Waals surface area contributed by atoms with Crippen LogP contribution >= 0.6 is 0 Å². The van der Waals surface area contributed by atoms with Gasteiger partial charge in [-0.1, -0.05) is 44.2 Å². The zero-order valence-corrected chi connectivity index (χ0v) is 12.8. The van der Waals surface area contributed by atoms with E-state index < -0.39 is 0 Å². The average Bonchev–Trinajstić information content (AvgIpc) is 2.89. The van der Waals surface area contributed by atoms with E-state index in [-0.39, 0.29) is 0 Å². The number of nitrogens with zero attached hydrogens (tertiary/aromatic N) is 1. The fourth-order valence-corrected chi connectivity index (χ4v) is 2.78. The van der Waals surface area contributed by atoms with Gasteiger partial charge in [-0.3, -0.25) is 0 Å². The molecule has 0 bridgehead atoms. The summed E-state index contributed by atoms with van der Waals surface area (Å²) in [6.07, 6.45) is 6.82. The van der Waals surface area contributed by atoms with Gasteiger partial charge in [0.2, 0.25) is 0 Å². The molecule has 0 aliphatic rings. The highest BCUT2D eigenvalue weighted by molar-refractivity contribution is 5.17. The van der Waals surface area contributed by atoms with Crippen molar-refractivity contribution in [2.45, 2.75) is 39.3 Å². The fraction of sp³-hybridized carbons (Fsp3) is 0.444. The summed E-state index contributed by atoms with van der Waals surface area (Å²) in [7, 11) is 2.04. The molecule has 1 aromatic heterocycles. The van der Waals surface area contributed by atoms with Gasteiger partial charge in [0.25, 0.3) is 0 Å². The molecule has 1 unspecified atom stereocenters. The second-order valence-corrected chi connectivity index (χ2v) is 5.78. The molecule has 0 aliphatic carbocycles. The Balaban J connectivity index is 1.87. The van der Waals surface area contributed by atoms with Crippen LogP contribution in [0.25, 0.3) is 0 Å². The van der Waals surface area contributed by atoms with Crippen molar-refractivity contribution >= 4 is 0 Å². The van der Waals surface area contributed by atoms with E-state index in [0.717, 1.165) is 13.0 Å². The van der Waals surface area contributed by atoms with E-state index in [9.17, 15) is 0 Å². The number of aromatic nitrogens is 1. The van der Waals surface area contributed by atoms with E-state index in [0.29, 0.717) is 12.0 Å². The highest BCUT2D eigenvalue weighted by Gasteiger charge is 2.14. The van der Waals surface area contributed by atoms with E-state index in [1.807, 2.05) is 7.05 Å². The maximum absolute atomic E-state index is 3.40. The fourth-order valence-electron chi connectivity index (χ4n) is 2.78. The van der Waals surface area contributed by atoms with Crippen LogP contribution in [0.5, 0.6) is 0 Å². The van der Waals surface area contributed by atoms with Crippen LogP contribution in [-0.4, -0.2) is 11.6 Å². The minimum Gasteiger partial charge on any atom is -0.354 e. The molecule has 2 aromatic rings. The summed E-state index contributed by atoms with van der Waals surface area (Å²) in [6.45, 7) is 5.60. The molecule has 0 aliphatic heterocycles. The summed E-state index contributed by atoms with van der Waals surface area (Å²) in [6, 6.07) is 13.4. The molecule has 1 N–H and O–H groups in total. The minimum atomic E-state index is 0.449. The molecule has 0 radical (unpaired) electrons. The molecule has 2 heteroatoms. The normalized spacial score (nSPS) is 12.8. The Kier molecular flexibility index (Phi) is 5.42. The van der Waals surface area contributed by atoms with Gasteiger partial charge in [-0.25, -0.2) is 0 Å². The number of benzene rings is 1. The first-order chi connectivity index (χ1) is 9.70. The maximum atomic E-state index is 3.40. The lowest BCUT2D eigenvalue weighted by molar-refractivity contribution is 0.442. The zero-order chi connectivity index (χ0) is 14.4. The molecular weight excluding hydrogens is 244 g/mol. The predicted molar refractivity (Wildman–Crippen MR) is 85.8 cm³/mol. The Hall–Kier alpha value is -1.54. The first-order valence-corrected chi connectivity index (χ1v) is 7.57. The molecule has 108 valence electrons. The third kappa shape index (κ3) is 3.97. The Morgan fingerprint density at radius 1 is 1.10 bits per heavy atom. The highest BCUT2D eigenvalue weighted by Crippen LogP contribution is 2.21. The Bertz CT molecular complexity index is 499. The monoisotopic (exact) mass is 270 g/mol. The van der Waals surface area contributed by atoms with Gasteiger partial charge < -0.3 is 9.88 Å². The van der Waals surface area contributed by atoms with E-state index in [1.165, 1.54) is 17.5 Å². The Morgan fingerprint density at radius 3 is 2.50 bits per heavy atom. The van der Waals surface area contributed by atoms with E-state index in [1.54, 1.807) is 0 Å². The van der Waals surface area contributed by atoms with Gasteiger partial charge >= 0.3 is 0 Å². The van der Waals surface area contributed by atoms with Gasteiger partial charge in [0, 0.05) is 25.0 Å². The average molecular weight is 270 g/mol. The van der Waals surface area contributed by atoms with Crippen molar-refractivity contribution in [1.29, 1.82) is 0 Å². The maximum Gasteiger partial charge on any atom is 0.0355 e. The van der Waals surface area contributed by atoms with Crippen molar-refractivity contribution in [2.24, 2.45) is 5.92 Å². The minimum absolute atomic E-state index is 0.449. The van der Waals surface area contributed by atoms with Gasteiger partial charge in [0.1, 0.15) is 0 Å². The van der Waals surface area contributed by atoms with Gasteiger partial charge in [0.15, 0.2) is 0 Å². The number of hydrogen-bond donors (Lipinski definition) is 1. The van der Waals surface area contributed by atoms with Crippen molar-refractivity contribution in [3.63, 3.8) is 0 Å². The van der Waals surface area contributed by atoms with Crippen LogP contribution in [0.4, 0.5) is 0 Å². The predicted octanol–water partition coefficient (Wildman–Crippen LogP) is 4.04. The first-order valence-electron chi connectivity index (χ1n) is 7.57. The van der Waals surface area contributed by atoms with Crippen LogP contribution < -0.4 is 5.32 Å². The van der Waals surface area contributed by atoms with Crippen molar-refractivity contribution < 1.29 is 0 Å². The second kappa shape index (κ2) is 7.30. The van der Waals surface area contributed by atoms with Crippen LogP contribution in [0.15, 0.2) is 48.8 Å². The molecule has 20 heavy (non-hydrogen) atoms. The summed E-state index contributed by atoms with van der Waals surface area (Å²) < 4.78 is 2.31. The van der Waals surface area contributed by atoms with Gasteiger partial charge in [-0.05, 0) is 43.0 Å². The third-order valence-corrected chi connectivity index (χ3v) is 3.83. The largest absolute Gasteiger partial charge is 0.354 e. The van der Waals surface area contributed by atoms with Gasteiger partial charge in [0.05, 0.1) is 0 Å². The summed E-state index contributed by atoms with van der Waals surface area (Å²) >= 11 is 0.